The summed E-state index contributed by atoms with van der Waals surface area (Å²) in [6.45, 7) is 7.05. The Morgan fingerprint density at radius 2 is 1.89 bits per heavy atom. The summed E-state index contributed by atoms with van der Waals surface area (Å²) in [5.41, 5.74) is -0.801. The van der Waals surface area contributed by atoms with Gasteiger partial charge in [-0.05, 0) is 18.4 Å². The third-order valence-corrected chi connectivity index (χ3v) is 3.14. The van der Waals surface area contributed by atoms with Gasteiger partial charge in [0.25, 0.3) is 0 Å². The van der Waals surface area contributed by atoms with Gasteiger partial charge in [-0.1, -0.05) is 13.8 Å². The quantitative estimate of drug-likeness (QED) is 0.222. The second-order valence-corrected chi connectivity index (χ2v) is 5.98. The van der Waals surface area contributed by atoms with Gasteiger partial charge in [-0.2, -0.15) is 13.2 Å². The molecule has 2 N–H and O–H groups in total. The molecule has 27 heavy (non-hydrogen) atoms. The summed E-state index contributed by atoms with van der Waals surface area (Å²) in [6.07, 6.45) is -2.78. The minimum atomic E-state index is -4.40. The number of pyridine rings is 1. The fourth-order valence-electron chi connectivity index (χ4n) is 1.88. The number of guanidine groups is 1. The van der Waals surface area contributed by atoms with E-state index in [1.807, 2.05) is 0 Å². The fourth-order valence-corrected chi connectivity index (χ4v) is 1.88. The molecule has 0 saturated heterocycles. The highest BCUT2D eigenvalue weighted by Crippen LogP contribution is 2.29. The molecule has 6 nitrogen and oxygen atoms in total. The summed E-state index contributed by atoms with van der Waals surface area (Å²) in [6, 6.07) is 2.14. The highest BCUT2D eigenvalue weighted by Gasteiger charge is 2.30. The van der Waals surface area contributed by atoms with Crippen LogP contribution in [-0.4, -0.2) is 50.9 Å². The lowest BCUT2D eigenvalue weighted by atomic mass is 10.2. The number of alkyl halides is 3. The van der Waals surface area contributed by atoms with Crippen LogP contribution < -0.4 is 15.4 Å². The molecular weight excluding hydrogens is 476 g/mol. The molecule has 1 heterocycles. The van der Waals surface area contributed by atoms with Crippen LogP contribution in [0.25, 0.3) is 0 Å². The van der Waals surface area contributed by atoms with E-state index in [0.29, 0.717) is 25.0 Å². The maximum atomic E-state index is 12.4. The predicted octanol–water partition coefficient (Wildman–Crippen LogP) is 3.32. The van der Waals surface area contributed by atoms with Crippen LogP contribution in [0.2, 0.25) is 0 Å². The van der Waals surface area contributed by atoms with Crippen molar-refractivity contribution >= 4 is 29.9 Å². The summed E-state index contributed by atoms with van der Waals surface area (Å²) < 4.78 is 48.1. The minimum Gasteiger partial charge on any atom is -0.476 e. The van der Waals surface area contributed by atoms with E-state index in [1.165, 1.54) is 6.07 Å². The number of nitrogens with one attached hydrogen (secondary N) is 2. The van der Waals surface area contributed by atoms with Crippen molar-refractivity contribution in [3.8, 4) is 5.88 Å². The zero-order valence-corrected chi connectivity index (χ0v) is 18.1. The summed E-state index contributed by atoms with van der Waals surface area (Å²) >= 11 is 0. The highest BCUT2D eigenvalue weighted by molar-refractivity contribution is 14.0. The summed E-state index contributed by atoms with van der Waals surface area (Å²) in [4.78, 5) is 7.72. The zero-order chi connectivity index (χ0) is 19.4. The second kappa shape index (κ2) is 13.8. The van der Waals surface area contributed by atoms with Crippen LogP contribution >= 0.6 is 24.0 Å². The standard InChI is InChI=1S/C17H27F3N4O2.HI/c1-13(2)12-25-9-4-7-22-16(21-3)23-8-10-26-15-6-5-14(11-24-15)17(18,19)20;/h5-6,11,13H,4,7-10,12H2,1-3H3,(H2,21,22,23);1H. The largest absolute Gasteiger partial charge is 0.476 e. The lowest BCUT2D eigenvalue weighted by Crippen LogP contribution is -2.40. The Bertz CT molecular complexity index is 540. The highest BCUT2D eigenvalue weighted by atomic mass is 127. The van der Waals surface area contributed by atoms with E-state index in [9.17, 15) is 13.2 Å². The van der Waals surface area contributed by atoms with Crippen molar-refractivity contribution in [3.63, 3.8) is 0 Å². The Kier molecular flexibility index (Phi) is 13.1. The topological polar surface area (TPSA) is 67.8 Å². The fraction of sp³-hybridized carbons (Fsp3) is 0.647. The molecule has 0 bridgehead atoms. The molecule has 0 atom stereocenters. The number of rotatable bonds is 10. The lowest BCUT2D eigenvalue weighted by Gasteiger charge is -2.13. The number of halogens is 4. The van der Waals surface area contributed by atoms with Crippen molar-refractivity contribution in [3.05, 3.63) is 23.9 Å². The lowest BCUT2D eigenvalue weighted by molar-refractivity contribution is -0.137. The van der Waals surface area contributed by atoms with E-state index in [2.05, 4.69) is 34.5 Å². The smallest absolute Gasteiger partial charge is 0.417 e. The van der Waals surface area contributed by atoms with Gasteiger partial charge in [0.05, 0.1) is 12.1 Å². The first kappa shape index (κ1) is 25.7. The van der Waals surface area contributed by atoms with E-state index >= 15 is 0 Å². The van der Waals surface area contributed by atoms with Gasteiger partial charge in [-0.3, -0.25) is 4.99 Å². The third kappa shape index (κ3) is 11.9. The first-order valence-corrected chi connectivity index (χ1v) is 8.51. The molecule has 156 valence electrons. The van der Waals surface area contributed by atoms with Crippen LogP contribution in [0.5, 0.6) is 5.88 Å². The van der Waals surface area contributed by atoms with Crippen molar-refractivity contribution in [2.45, 2.75) is 26.4 Å². The molecule has 1 aromatic rings. The van der Waals surface area contributed by atoms with Gasteiger partial charge in [0.2, 0.25) is 5.88 Å². The van der Waals surface area contributed by atoms with Gasteiger partial charge < -0.3 is 20.1 Å². The molecule has 0 saturated carbocycles. The molecule has 0 aliphatic heterocycles. The van der Waals surface area contributed by atoms with E-state index in [-0.39, 0.29) is 36.5 Å². The summed E-state index contributed by atoms with van der Waals surface area (Å²) in [5, 5.41) is 6.19. The Labute approximate surface area is 175 Å². The molecule has 0 spiro atoms. The van der Waals surface area contributed by atoms with Crippen molar-refractivity contribution in [1.82, 2.24) is 15.6 Å². The van der Waals surface area contributed by atoms with Crippen LogP contribution in [0.3, 0.4) is 0 Å². The molecule has 1 aromatic heterocycles. The summed E-state index contributed by atoms with van der Waals surface area (Å²) in [5.74, 6) is 1.29. The average molecular weight is 504 g/mol. The molecule has 0 amide bonds. The van der Waals surface area contributed by atoms with E-state index in [0.717, 1.165) is 31.8 Å². The minimum absolute atomic E-state index is 0. The van der Waals surface area contributed by atoms with Crippen LogP contribution in [0.4, 0.5) is 13.2 Å². The van der Waals surface area contributed by atoms with Crippen LogP contribution in [-0.2, 0) is 10.9 Å². The predicted molar refractivity (Wildman–Crippen MR) is 110 cm³/mol. The molecule has 1 rings (SSSR count). The molecular formula is C17H28F3IN4O2. The van der Waals surface area contributed by atoms with Gasteiger partial charge in [0, 0.05) is 39.1 Å². The maximum absolute atomic E-state index is 12.4. The monoisotopic (exact) mass is 504 g/mol. The first-order chi connectivity index (χ1) is 12.3. The SMILES string of the molecule is CN=C(NCCCOCC(C)C)NCCOc1ccc(C(F)(F)F)cn1.I. The van der Waals surface area contributed by atoms with Crippen molar-refractivity contribution in [1.29, 1.82) is 0 Å². The average Bonchev–Trinajstić information content (AvgIpc) is 2.59. The van der Waals surface area contributed by atoms with Crippen LogP contribution in [0.1, 0.15) is 25.8 Å². The molecule has 0 aliphatic carbocycles. The molecule has 0 unspecified atom stereocenters. The molecule has 10 heteroatoms. The van der Waals surface area contributed by atoms with Crippen molar-refractivity contribution < 1.29 is 22.6 Å². The van der Waals surface area contributed by atoms with Crippen LogP contribution in [0.15, 0.2) is 23.3 Å². The Morgan fingerprint density at radius 1 is 1.19 bits per heavy atom. The summed E-state index contributed by atoms with van der Waals surface area (Å²) in [7, 11) is 1.66. The number of aromatic nitrogens is 1. The zero-order valence-electron chi connectivity index (χ0n) is 15.8. The van der Waals surface area contributed by atoms with E-state index in [1.54, 1.807) is 7.05 Å². The van der Waals surface area contributed by atoms with Gasteiger partial charge in [0.15, 0.2) is 5.96 Å². The van der Waals surface area contributed by atoms with E-state index < -0.39 is 11.7 Å². The first-order valence-electron chi connectivity index (χ1n) is 8.51. The number of ether oxygens (including phenoxy) is 2. The van der Waals surface area contributed by atoms with Crippen LogP contribution in [0, 0.1) is 5.92 Å². The Morgan fingerprint density at radius 3 is 2.44 bits per heavy atom. The Balaban J connectivity index is 0.00000676. The van der Waals surface area contributed by atoms with Gasteiger partial charge in [-0.15, -0.1) is 24.0 Å². The van der Waals surface area contributed by atoms with Gasteiger partial charge in [0.1, 0.15) is 6.61 Å². The van der Waals surface area contributed by atoms with E-state index in [4.69, 9.17) is 9.47 Å². The second-order valence-electron chi connectivity index (χ2n) is 5.98. The number of aliphatic imine (C=N–C) groups is 1. The normalized spacial score (nSPS) is 11.9. The molecule has 0 radical (unpaired) electrons. The van der Waals surface area contributed by atoms with Crippen molar-refractivity contribution in [2.24, 2.45) is 10.9 Å². The molecule has 0 aliphatic rings. The van der Waals surface area contributed by atoms with Crippen molar-refractivity contribution in [2.75, 3.05) is 40.0 Å². The van der Waals surface area contributed by atoms with Gasteiger partial charge in [-0.25, -0.2) is 4.98 Å². The third-order valence-electron chi connectivity index (χ3n) is 3.14. The Hall–Kier alpha value is -1.30. The number of hydrogen-bond acceptors (Lipinski definition) is 4. The molecule has 0 fully saturated rings. The number of nitrogens with zero attached hydrogens (tertiary/aromatic N) is 2. The number of hydrogen-bond donors (Lipinski definition) is 2. The molecule has 0 aromatic carbocycles. The maximum Gasteiger partial charge on any atom is 0.417 e. The van der Waals surface area contributed by atoms with Gasteiger partial charge >= 0.3 is 6.18 Å².